The summed E-state index contributed by atoms with van der Waals surface area (Å²) >= 11 is 0. The van der Waals surface area contributed by atoms with Crippen LogP contribution in [0.4, 0.5) is 0 Å². The van der Waals surface area contributed by atoms with Crippen molar-refractivity contribution in [1.29, 1.82) is 0 Å². The number of hydrogen-bond acceptors (Lipinski definition) is 2. The highest BCUT2D eigenvalue weighted by Gasteiger charge is 2.00. The number of rotatable bonds is 5. The van der Waals surface area contributed by atoms with E-state index in [0.717, 1.165) is 12.8 Å². The number of hydrogen-bond donors (Lipinski definition) is 0. The Bertz CT molecular complexity index is 366. The predicted molar refractivity (Wildman–Crippen MR) is 77.2 cm³/mol. The number of esters is 1. The molecule has 0 spiro atoms. The van der Waals surface area contributed by atoms with Gasteiger partial charge >= 0.3 is 5.97 Å². The summed E-state index contributed by atoms with van der Waals surface area (Å²) in [6.07, 6.45) is 3.81. The van der Waals surface area contributed by atoms with Gasteiger partial charge in [-0.1, -0.05) is 62.9 Å². The van der Waals surface area contributed by atoms with Gasteiger partial charge in [-0.15, -0.1) is 0 Å². The first kappa shape index (κ1) is 16.2. The van der Waals surface area contributed by atoms with E-state index in [2.05, 4.69) is 20.1 Å². The van der Waals surface area contributed by atoms with E-state index in [-0.39, 0.29) is 5.97 Å². The Hall–Kier alpha value is -1.83. The van der Waals surface area contributed by atoms with Crippen molar-refractivity contribution in [1.82, 2.24) is 0 Å². The fraction of sp³-hybridized carbons (Fsp3) is 0.312. The number of unbranched alkanes of at least 4 members (excludes halogenated alkanes) is 1. The molecular weight excluding hydrogens is 224 g/mol. The smallest absolute Gasteiger partial charge is 0.333 e. The minimum absolute atomic E-state index is 0.284. The monoisotopic (exact) mass is 246 g/mol. The molecule has 0 fully saturated rings. The Morgan fingerprint density at radius 2 is 1.94 bits per heavy atom. The molecule has 0 aliphatic carbocycles. The molecule has 0 unspecified atom stereocenters. The van der Waals surface area contributed by atoms with Crippen LogP contribution in [-0.2, 0) is 9.53 Å². The molecule has 0 amide bonds. The average molecular weight is 246 g/mol. The minimum atomic E-state index is -0.284. The van der Waals surface area contributed by atoms with Gasteiger partial charge in [0.25, 0.3) is 0 Å². The van der Waals surface area contributed by atoms with Gasteiger partial charge in [0.2, 0.25) is 0 Å². The number of carbonyl (C=O) groups excluding carboxylic acids is 1. The van der Waals surface area contributed by atoms with Gasteiger partial charge in [-0.05, 0) is 18.9 Å². The van der Waals surface area contributed by atoms with E-state index >= 15 is 0 Å². The van der Waals surface area contributed by atoms with Gasteiger partial charge in [0.1, 0.15) is 0 Å². The molecule has 0 saturated heterocycles. The van der Waals surface area contributed by atoms with Crippen LogP contribution < -0.4 is 0 Å². The van der Waals surface area contributed by atoms with Crippen LogP contribution in [0.3, 0.4) is 0 Å². The van der Waals surface area contributed by atoms with Gasteiger partial charge in [-0.2, -0.15) is 0 Å². The van der Waals surface area contributed by atoms with Crippen LogP contribution >= 0.6 is 0 Å². The zero-order chi connectivity index (χ0) is 13.8. The molecule has 0 heterocycles. The fourth-order valence-corrected chi connectivity index (χ4v) is 1.02. The van der Waals surface area contributed by atoms with E-state index in [9.17, 15) is 4.79 Å². The minimum Gasteiger partial charge on any atom is -0.462 e. The van der Waals surface area contributed by atoms with E-state index in [4.69, 9.17) is 4.74 Å². The first-order chi connectivity index (χ1) is 8.61. The van der Waals surface area contributed by atoms with Crippen LogP contribution in [0, 0.1) is 0 Å². The maximum atomic E-state index is 10.7. The molecule has 2 nitrogen and oxygen atoms in total. The fourth-order valence-electron chi connectivity index (χ4n) is 1.02. The number of benzene rings is 1. The SMILES string of the molecule is C=C(C)C(=O)OCCCC.C=Cc1ccccc1. The van der Waals surface area contributed by atoms with Crippen molar-refractivity contribution < 1.29 is 9.53 Å². The summed E-state index contributed by atoms with van der Waals surface area (Å²) in [7, 11) is 0. The maximum Gasteiger partial charge on any atom is 0.333 e. The molecule has 0 aromatic heterocycles. The highest BCUT2D eigenvalue weighted by molar-refractivity contribution is 5.86. The molecule has 1 aromatic rings. The Labute approximate surface area is 110 Å². The molecule has 0 saturated carbocycles. The van der Waals surface area contributed by atoms with Gasteiger partial charge in [0, 0.05) is 5.57 Å². The molecule has 0 aliphatic rings. The molecular formula is C16H22O2. The second kappa shape index (κ2) is 10.3. The Morgan fingerprint density at radius 3 is 2.33 bits per heavy atom. The van der Waals surface area contributed by atoms with Gasteiger partial charge in [0.15, 0.2) is 0 Å². The second-order valence-electron chi connectivity index (χ2n) is 3.88. The van der Waals surface area contributed by atoms with Gasteiger partial charge in [-0.3, -0.25) is 0 Å². The zero-order valence-electron chi connectivity index (χ0n) is 11.3. The highest BCUT2D eigenvalue weighted by atomic mass is 16.5. The summed E-state index contributed by atoms with van der Waals surface area (Å²) in [5, 5.41) is 0. The maximum absolute atomic E-state index is 10.7. The Morgan fingerprint density at radius 1 is 1.33 bits per heavy atom. The third kappa shape index (κ3) is 8.34. The van der Waals surface area contributed by atoms with Crippen molar-refractivity contribution in [3.8, 4) is 0 Å². The molecule has 0 N–H and O–H groups in total. The summed E-state index contributed by atoms with van der Waals surface area (Å²) in [4.78, 5) is 10.7. The molecule has 2 heteroatoms. The van der Waals surface area contributed by atoms with Crippen LogP contribution in [0.15, 0.2) is 49.1 Å². The normalized spacial score (nSPS) is 8.78. The summed E-state index contributed by atoms with van der Waals surface area (Å²) in [6, 6.07) is 10.0. The lowest BCUT2D eigenvalue weighted by Crippen LogP contribution is -2.05. The molecule has 0 bridgehead atoms. The van der Waals surface area contributed by atoms with E-state index in [0.29, 0.717) is 12.2 Å². The lowest BCUT2D eigenvalue weighted by molar-refractivity contribution is -0.139. The van der Waals surface area contributed by atoms with Gasteiger partial charge < -0.3 is 4.74 Å². The van der Waals surface area contributed by atoms with Crippen molar-refractivity contribution in [3.63, 3.8) is 0 Å². The predicted octanol–water partition coefficient (Wildman–Crippen LogP) is 4.24. The highest BCUT2D eigenvalue weighted by Crippen LogP contribution is 1.97. The van der Waals surface area contributed by atoms with E-state index < -0.39 is 0 Å². The number of ether oxygens (including phenoxy) is 1. The van der Waals surface area contributed by atoms with Gasteiger partial charge in [-0.25, -0.2) is 4.79 Å². The van der Waals surface area contributed by atoms with Crippen molar-refractivity contribution in [2.45, 2.75) is 26.7 Å². The topological polar surface area (TPSA) is 26.3 Å². The largest absolute Gasteiger partial charge is 0.462 e. The molecule has 98 valence electrons. The standard InChI is InChI=1S/C8H14O2.C8H8/c1-4-5-6-10-8(9)7(2)3;1-2-8-6-4-3-5-7-8/h2,4-6H2,1,3H3;2-7H,1H2. The van der Waals surface area contributed by atoms with Crippen LogP contribution in [0.5, 0.6) is 0 Å². The van der Waals surface area contributed by atoms with E-state index in [1.54, 1.807) is 6.92 Å². The van der Waals surface area contributed by atoms with Crippen LogP contribution in [0.1, 0.15) is 32.3 Å². The van der Waals surface area contributed by atoms with Gasteiger partial charge in [0.05, 0.1) is 6.61 Å². The number of carbonyl (C=O) groups is 1. The van der Waals surface area contributed by atoms with Crippen molar-refractivity contribution >= 4 is 12.0 Å². The molecule has 1 rings (SSSR count). The van der Waals surface area contributed by atoms with E-state index in [1.807, 2.05) is 36.4 Å². The third-order valence-corrected chi connectivity index (χ3v) is 2.11. The van der Waals surface area contributed by atoms with Crippen molar-refractivity contribution in [2.75, 3.05) is 6.61 Å². The quantitative estimate of drug-likeness (QED) is 0.441. The Kier molecular flexibility index (Phi) is 9.28. The van der Waals surface area contributed by atoms with Crippen LogP contribution in [0.25, 0.3) is 6.08 Å². The molecule has 0 radical (unpaired) electrons. The molecule has 18 heavy (non-hydrogen) atoms. The first-order valence-corrected chi connectivity index (χ1v) is 6.12. The summed E-state index contributed by atoms with van der Waals surface area (Å²) in [5.41, 5.74) is 1.64. The van der Waals surface area contributed by atoms with Crippen molar-refractivity contribution in [2.24, 2.45) is 0 Å². The van der Waals surface area contributed by atoms with Crippen molar-refractivity contribution in [3.05, 3.63) is 54.6 Å². The third-order valence-electron chi connectivity index (χ3n) is 2.11. The van der Waals surface area contributed by atoms with E-state index in [1.165, 1.54) is 5.56 Å². The second-order valence-corrected chi connectivity index (χ2v) is 3.88. The zero-order valence-corrected chi connectivity index (χ0v) is 11.3. The summed E-state index contributed by atoms with van der Waals surface area (Å²) < 4.78 is 4.81. The molecule has 0 aliphatic heterocycles. The van der Waals surface area contributed by atoms with Crippen LogP contribution in [-0.4, -0.2) is 12.6 Å². The lowest BCUT2D eigenvalue weighted by atomic mass is 10.2. The summed E-state index contributed by atoms with van der Waals surface area (Å²) in [5.74, 6) is -0.284. The van der Waals surface area contributed by atoms with Crippen LogP contribution in [0.2, 0.25) is 0 Å². The summed E-state index contributed by atoms with van der Waals surface area (Å²) in [6.45, 7) is 11.3. The average Bonchev–Trinajstić information content (AvgIpc) is 2.40. The lowest BCUT2D eigenvalue weighted by Gasteiger charge is -2.01. The molecule has 1 aromatic carbocycles. The molecule has 0 atom stereocenters. The first-order valence-electron chi connectivity index (χ1n) is 6.12. The Balaban J connectivity index is 0.000000327.